The number of aliphatic hydroxyl groups is 1. The zero-order chi connectivity index (χ0) is 10.7. The van der Waals surface area contributed by atoms with Crippen LogP contribution in [0.25, 0.3) is 0 Å². The van der Waals surface area contributed by atoms with E-state index in [1.807, 2.05) is 19.1 Å². The average molecular weight is 207 g/mol. The molecule has 3 nitrogen and oxygen atoms in total. The summed E-state index contributed by atoms with van der Waals surface area (Å²) in [6.45, 7) is 2.00. The third-order valence-electron chi connectivity index (χ3n) is 2.88. The van der Waals surface area contributed by atoms with Crippen LogP contribution in [0.3, 0.4) is 0 Å². The summed E-state index contributed by atoms with van der Waals surface area (Å²) in [5.74, 6) is 0.735. The van der Waals surface area contributed by atoms with Crippen molar-refractivity contribution in [3.8, 4) is 5.88 Å². The highest BCUT2D eigenvalue weighted by Gasteiger charge is 2.21. The molecule has 15 heavy (non-hydrogen) atoms. The summed E-state index contributed by atoms with van der Waals surface area (Å²) in [7, 11) is 0. The van der Waals surface area contributed by atoms with Crippen molar-refractivity contribution in [2.24, 2.45) is 0 Å². The highest BCUT2D eigenvalue weighted by Crippen LogP contribution is 2.24. The Labute approximate surface area is 90.1 Å². The third kappa shape index (κ3) is 2.69. The standard InChI is InChI=1S/C12H17NO2/c1-9-3-2-8-13-12(9)15-11-6-4-10(14)5-7-11/h2-3,8,10-11,14H,4-7H2,1H3. The van der Waals surface area contributed by atoms with Crippen LogP contribution >= 0.6 is 0 Å². The minimum Gasteiger partial charge on any atom is -0.474 e. The molecule has 1 aromatic heterocycles. The molecule has 0 aromatic carbocycles. The number of hydrogen-bond donors (Lipinski definition) is 1. The molecule has 0 aliphatic heterocycles. The second-order valence-corrected chi connectivity index (χ2v) is 4.17. The lowest BCUT2D eigenvalue weighted by Gasteiger charge is -2.26. The molecule has 0 radical (unpaired) electrons. The van der Waals surface area contributed by atoms with Crippen LogP contribution < -0.4 is 4.74 Å². The van der Waals surface area contributed by atoms with E-state index in [1.165, 1.54) is 0 Å². The van der Waals surface area contributed by atoms with Crippen LogP contribution in [-0.4, -0.2) is 22.3 Å². The molecule has 0 bridgehead atoms. The molecule has 1 aliphatic carbocycles. The molecule has 1 aliphatic rings. The van der Waals surface area contributed by atoms with Gasteiger partial charge in [-0.1, -0.05) is 6.07 Å². The zero-order valence-electron chi connectivity index (χ0n) is 9.02. The van der Waals surface area contributed by atoms with E-state index in [0.29, 0.717) is 0 Å². The summed E-state index contributed by atoms with van der Waals surface area (Å²) in [6.07, 6.45) is 5.39. The van der Waals surface area contributed by atoms with Gasteiger partial charge < -0.3 is 9.84 Å². The predicted molar refractivity (Wildman–Crippen MR) is 57.9 cm³/mol. The zero-order valence-corrected chi connectivity index (χ0v) is 9.02. The van der Waals surface area contributed by atoms with Crippen molar-refractivity contribution in [1.82, 2.24) is 4.98 Å². The number of nitrogens with zero attached hydrogens (tertiary/aromatic N) is 1. The van der Waals surface area contributed by atoms with E-state index >= 15 is 0 Å². The SMILES string of the molecule is Cc1cccnc1OC1CCC(O)CC1. The van der Waals surface area contributed by atoms with E-state index in [2.05, 4.69) is 4.98 Å². The van der Waals surface area contributed by atoms with Gasteiger partial charge in [0.25, 0.3) is 0 Å². The van der Waals surface area contributed by atoms with Gasteiger partial charge in [0.05, 0.1) is 6.10 Å². The number of aliphatic hydroxyl groups excluding tert-OH is 1. The Kier molecular flexibility index (Phi) is 3.21. The molecule has 1 fully saturated rings. The average Bonchev–Trinajstić information content (AvgIpc) is 2.25. The molecule has 0 unspecified atom stereocenters. The lowest BCUT2D eigenvalue weighted by Crippen LogP contribution is -2.26. The van der Waals surface area contributed by atoms with Crippen molar-refractivity contribution in [3.63, 3.8) is 0 Å². The van der Waals surface area contributed by atoms with E-state index in [1.54, 1.807) is 6.20 Å². The predicted octanol–water partition coefficient (Wildman–Crippen LogP) is 2.07. The molecule has 0 atom stereocenters. The van der Waals surface area contributed by atoms with Crippen molar-refractivity contribution >= 4 is 0 Å². The Balaban J connectivity index is 1.95. The van der Waals surface area contributed by atoms with Gasteiger partial charge >= 0.3 is 0 Å². The van der Waals surface area contributed by atoms with E-state index < -0.39 is 0 Å². The van der Waals surface area contributed by atoms with Gasteiger partial charge in [-0.05, 0) is 38.7 Å². The Hall–Kier alpha value is -1.09. The van der Waals surface area contributed by atoms with Crippen molar-refractivity contribution in [1.29, 1.82) is 0 Å². The fraction of sp³-hybridized carbons (Fsp3) is 0.583. The molecule has 1 aromatic rings. The number of aryl methyl sites for hydroxylation is 1. The largest absolute Gasteiger partial charge is 0.474 e. The van der Waals surface area contributed by atoms with Gasteiger partial charge in [0, 0.05) is 11.8 Å². The normalized spacial score (nSPS) is 26.3. The van der Waals surface area contributed by atoms with Crippen LogP contribution in [0.5, 0.6) is 5.88 Å². The maximum absolute atomic E-state index is 9.38. The summed E-state index contributed by atoms with van der Waals surface area (Å²) < 4.78 is 5.81. The Morgan fingerprint density at radius 1 is 1.33 bits per heavy atom. The molecule has 0 amide bonds. The van der Waals surface area contributed by atoms with E-state index in [0.717, 1.165) is 37.1 Å². The highest BCUT2D eigenvalue weighted by molar-refractivity contribution is 5.23. The van der Waals surface area contributed by atoms with Crippen LogP contribution in [-0.2, 0) is 0 Å². The van der Waals surface area contributed by atoms with Crippen LogP contribution in [0.4, 0.5) is 0 Å². The number of ether oxygens (including phenoxy) is 1. The third-order valence-corrected chi connectivity index (χ3v) is 2.88. The van der Waals surface area contributed by atoms with Gasteiger partial charge in [-0.3, -0.25) is 0 Å². The molecule has 82 valence electrons. The molecule has 0 saturated heterocycles. The first-order valence-electron chi connectivity index (χ1n) is 5.52. The Bertz CT molecular complexity index is 319. The van der Waals surface area contributed by atoms with Crippen molar-refractivity contribution in [3.05, 3.63) is 23.9 Å². The van der Waals surface area contributed by atoms with Gasteiger partial charge in [-0.25, -0.2) is 4.98 Å². The van der Waals surface area contributed by atoms with Crippen LogP contribution in [0.1, 0.15) is 31.2 Å². The molecule has 1 saturated carbocycles. The second kappa shape index (κ2) is 4.62. The topological polar surface area (TPSA) is 42.4 Å². The first-order valence-corrected chi connectivity index (χ1v) is 5.52. The Morgan fingerprint density at radius 2 is 2.07 bits per heavy atom. The monoisotopic (exact) mass is 207 g/mol. The quantitative estimate of drug-likeness (QED) is 0.807. The van der Waals surface area contributed by atoms with E-state index in [4.69, 9.17) is 4.74 Å². The summed E-state index contributed by atoms with van der Waals surface area (Å²) in [5, 5.41) is 9.38. The summed E-state index contributed by atoms with van der Waals surface area (Å²) in [6, 6.07) is 3.91. The maximum atomic E-state index is 9.38. The molecule has 3 heteroatoms. The molecule has 0 spiro atoms. The van der Waals surface area contributed by atoms with Crippen LogP contribution in [0, 0.1) is 6.92 Å². The molecule has 2 rings (SSSR count). The Morgan fingerprint density at radius 3 is 2.73 bits per heavy atom. The summed E-state index contributed by atoms with van der Waals surface area (Å²) in [4.78, 5) is 4.21. The fourth-order valence-corrected chi connectivity index (χ4v) is 1.92. The van der Waals surface area contributed by atoms with Crippen LogP contribution in [0.2, 0.25) is 0 Å². The maximum Gasteiger partial charge on any atom is 0.216 e. The van der Waals surface area contributed by atoms with Gasteiger partial charge in [0.15, 0.2) is 0 Å². The molecular formula is C12H17NO2. The van der Waals surface area contributed by atoms with E-state index in [9.17, 15) is 5.11 Å². The van der Waals surface area contributed by atoms with Gasteiger partial charge in [0.2, 0.25) is 5.88 Å². The number of pyridine rings is 1. The first kappa shape index (κ1) is 10.4. The number of hydrogen-bond acceptors (Lipinski definition) is 3. The van der Waals surface area contributed by atoms with Gasteiger partial charge in [0.1, 0.15) is 6.10 Å². The highest BCUT2D eigenvalue weighted by atomic mass is 16.5. The molecule has 1 N–H and O–H groups in total. The van der Waals surface area contributed by atoms with Gasteiger partial charge in [-0.15, -0.1) is 0 Å². The van der Waals surface area contributed by atoms with Gasteiger partial charge in [-0.2, -0.15) is 0 Å². The smallest absolute Gasteiger partial charge is 0.216 e. The first-order chi connectivity index (χ1) is 7.25. The molecule has 1 heterocycles. The lowest BCUT2D eigenvalue weighted by atomic mass is 9.95. The van der Waals surface area contributed by atoms with Crippen molar-refractivity contribution in [2.75, 3.05) is 0 Å². The summed E-state index contributed by atoms with van der Waals surface area (Å²) >= 11 is 0. The minimum atomic E-state index is -0.130. The molecular weight excluding hydrogens is 190 g/mol. The summed E-state index contributed by atoms with van der Waals surface area (Å²) in [5.41, 5.74) is 1.07. The van der Waals surface area contributed by atoms with Crippen molar-refractivity contribution in [2.45, 2.75) is 44.8 Å². The lowest BCUT2D eigenvalue weighted by molar-refractivity contribution is 0.0640. The van der Waals surface area contributed by atoms with Crippen molar-refractivity contribution < 1.29 is 9.84 Å². The minimum absolute atomic E-state index is 0.130. The van der Waals surface area contributed by atoms with Crippen LogP contribution in [0.15, 0.2) is 18.3 Å². The second-order valence-electron chi connectivity index (χ2n) is 4.17. The number of rotatable bonds is 2. The number of aromatic nitrogens is 1. The fourth-order valence-electron chi connectivity index (χ4n) is 1.92. The van der Waals surface area contributed by atoms with E-state index in [-0.39, 0.29) is 12.2 Å².